The molecule has 5 nitrogen and oxygen atoms in total. The van der Waals surface area contributed by atoms with E-state index in [9.17, 15) is 9.59 Å². The highest BCUT2D eigenvalue weighted by atomic mass is 16.5. The quantitative estimate of drug-likeness (QED) is 0.572. The van der Waals surface area contributed by atoms with Crippen molar-refractivity contribution in [3.8, 4) is 0 Å². The number of hydrogen-bond acceptors (Lipinski definition) is 4. The predicted octanol–water partition coefficient (Wildman–Crippen LogP) is 3.52. The second kappa shape index (κ2) is 7.30. The van der Waals surface area contributed by atoms with Crippen molar-refractivity contribution in [3.05, 3.63) is 54.2 Å². The minimum absolute atomic E-state index is 0.157. The maximum Gasteiger partial charge on any atom is 0.305 e. The van der Waals surface area contributed by atoms with Gasteiger partial charge in [0.25, 0.3) is 0 Å². The first-order valence-corrected chi connectivity index (χ1v) is 8.21. The molecule has 25 heavy (non-hydrogen) atoms. The number of nitrogens with zero attached hydrogens (tertiary/aromatic N) is 1. The lowest BCUT2D eigenvalue weighted by atomic mass is 10.0. The summed E-state index contributed by atoms with van der Waals surface area (Å²) in [7, 11) is 1.36. The Kier molecular flexibility index (Phi) is 4.93. The minimum Gasteiger partial charge on any atom is -0.469 e. The summed E-state index contributed by atoms with van der Waals surface area (Å²) in [6.07, 6.45) is 0.664. The molecule has 0 fully saturated rings. The molecular formula is C20H20N2O3. The SMILES string of the molecule is COC(=O)CC[C@H](NC(C)=O)c1ccc2c(ccc3ccccc32)n1. The number of rotatable bonds is 5. The highest BCUT2D eigenvalue weighted by molar-refractivity contribution is 6.06. The number of carbonyl (C=O) groups excluding carboxylic acids is 2. The molecule has 1 N–H and O–H groups in total. The van der Waals surface area contributed by atoms with Crippen molar-refractivity contribution in [2.24, 2.45) is 0 Å². The second-order valence-electron chi connectivity index (χ2n) is 5.96. The number of esters is 1. The number of hydrogen-bond donors (Lipinski definition) is 1. The summed E-state index contributed by atoms with van der Waals surface area (Å²) in [5.74, 6) is -0.461. The smallest absolute Gasteiger partial charge is 0.305 e. The number of pyridine rings is 1. The van der Waals surface area contributed by atoms with Crippen LogP contribution >= 0.6 is 0 Å². The molecule has 2 aromatic carbocycles. The Labute approximate surface area is 146 Å². The number of methoxy groups -OCH3 is 1. The van der Waals surface area contributed by atoms with E-state index in [0.717, 1.165) is 27.4 Å². The molecule has 0 unspecified atom stereocenters. The van der Waals surface area contributed by atoms with Gasteiger partial charge in [-0.1, -0.05) is 36.4 Å². The topological polar surface area (TPSA) is 68.3 Å². The number of benzene rings is 2. The number of carbonyl (C=O) groups is 2. The third-order valence-electron chi connectivity index (χ3n) is 4.22. The molecule has 3 aromatic rings. The van der Waals surface area contributed by atoms with Gasteiger partial charge in [-0.15, -0.1) is 0 Å². The van der Waals surface area contributed by atoms with Gasteiger partial charge in [0, 0.05) is 18.7 Å². The van der Waals surface area contributed by atoms with Gasteiger partial charge in [-0.05, 0) is 29.3 Å². The maximum absolute atomic E-state index is 11.5. The second-order valence-corrected chi connectivity index (χ2v) is 5.96. The van der Waals surface area contributed by atoms with Crippen molar-refractivity contribution < 1.29 is 14.3 Å². The fourth-order valence-electron chi connectivity index (χ4n) is 3.00. The molecular weight excluding hydrogens is 316 g/mol. The number of nitrogens with one attached hydrogen (secondary N) is 1. The molecule has 0 saturated heterocycles. The van der Waals surface area contributed by atoms with Crippen molar-refractivity contribution in [2.45, 2.75) is 25.8 Å². The molecule has 1 amide bonds. The van der Waals surface area contributed by atoms with Gasteiger partial charge < -0.3 is 10.1 Å². The molecule has 0 bridgehead atoms. The van der Waals surface area contributed by atoms with Crippen molar-refractivity contribution in [1.29, 1.82) is 0 Å². The first-order chi connectivity index (χ1) is 12.1. The van der Waals surface area contributed by atoms with Crippen LogP contribution in [0.2, 0.25) is 0 Å². The average molecular weight is 336 g/mol. The van der Waals surface area contributed by atoms with Crippen LogP contribution in [0.15, 0.2) is 48.5 Å². The van der Waals surface area contributed by atoms with Gasteiger partial charge in [0.15, 0.2) is 0 Å². The number of ether oxygens (including phenoxy) is 1. The van der Waals surface area contributed by atoms with E-state index in [-0.39, 0.29) is 24.3 Å². The van der Waals surface area contributed by atoms with Gasteiger partial charge in [0.2, 0.25) is 5.91 Å². The molecule has 5 heteroatoms. The number of aromatic nitrogens is 1. The Balaban J connectivity index is 1.98. The molecule has 1 heterocycles. The zero-order valence-corrected chi connectivity index (χ0v) is 14.3. The van der Waals surface area contributed by atoms with E-state index in [1.165, 1.54) is 14.0 Å². The van der Waals surface area contributed by atoms with Gasteiger partial charge in [-0.3, -0.25) is 14.6 Å². The third-order valence-corrected chi connectivity index (χ3v) is 4.22. The van der Waals surface area contributed by atoms with Crippen LogP contribution in [0.4, 0.5) is 0 Å². The summed E-state index contributed by atoms with van der Waals surface area (Å²) in [5, 5.41) is 6.24. The summed E-state index contributed by atoms with van der Waals surface area (Å²) >= 11 is 0. The fourth-order valence-corrected chi connectivity index (χ4v) is 3.00. The van der Waals surface area contributed by atoms with E-state index >= 15 is 0 Å². The Morgan fingerprint density at radius 2 is 1.88 bits per heavy atom. The van der Waals surface area contributed by atoms with Crippen LogP contribution in [-0.4, -0.2) is 24.0 Å². The van der Waals surface area contributed by atoms with E-state index in [1.807, 2.05) is 36.4 Å². The lowest BCUT2D eigenvalue weighted by Crippen LogP contribution is -2.27. The van der Waals surface area contributed by atoms with Crippen LogP contribution in [0, 0.1) is 0 Å². The zero-order valence-electron chi connectivity index (χ0n) is 14.3. The van der Waals surface area contributed by atoms with Crippen LogP contribution in [0.1, 0.15) is 31.5 Å². The third kappa shape index (κ3) is 3.76. The summed E-state index contributed by atoms with van der Waals surface area (Å²) in [4.78, 5) is 27.7. The Morgan fingerprint density at radius 3 is 2.64 bits per heavy atom. The minimum atomic E-state index is -0.326. The van der Waals surface area contributed by atoms with Crippen LogP contribution in [0.25, 0.3) is 21.7 Å². The Hall–Kier alpha value is -2.95. The van der Waals surface area contributed by atoms with Gasteiger partial charge in [-0.25, -0.2) is 0 Å². The van der Waals surface area contributed by atoms with Crippen LogP contribution < -0.4 is 5.32 Å². The van der Waals surface area contributed by atoms with Gasteiger partial charge in [0.05, 0.1) is 24.4 Å². The maximum atomic E-state index is 11.5. The number of amides is 1. The lowest BCUT2D eigenvalue weighted by Gasteiger charge is -2.17. The summed E-state index contributed by atoms with van der Waals surface area (Å²) in [6, 6.07) is 15.8. The molecule has 1 aromatic heterocycles. The van der Waals surface area contributed by atoms with Crippen molar-refractivity contribution in [3.63, 3.8) is 0 Å². The van der Waals surface area contributed by atoms with Gasteiger partial charge in [0.1, 0.15) is 0 Å². The lowest BCUT2D eigenvalue weighted by molar-refractivity contribution is -0.141. The van der Waals surface area contributed by atoms with E-state index in [4.69, 9.17) is 4.98 Å². The molecule has 1 atom stereocenters. The molecule has 0 radical (unpaired) electrons. The van der Waals surface area contributed by atoms with Crippen LogP contribution in [0.5, 0.6) is 0 Å². The van der Waals surface area contributed by atoms with Crippen LogP contribution in [0.3, 0.4) is 0 Å². The van der Waals surface area contributed by atoms with Crippen molar-refractivity contribution in [1.82, 2.24) is 10.3 Å². The van der Waals surface area contributed by atoms with Crippen molar-refractivity contribution >= 4 is 33.6 Å². The van der Waals surface area contributed by atoms with Crippen LogP contribution in [-0.2, 0) is 14.3 Å². The first-order valence-electron chi connectivity index (χ1n) is 8.21. The number of fused-ring (bicyclic) bond motifs is 3. The summed E-state index contributed by atoms with van der Waals surface area (Å²) < 4.78 is 4.69. The highest BCUT2D eigenvalue weighted by Gasteiger charge is 2.17. The molecule has 0 aliphatic heterocycles. The average Bonchev–Trinajstić information content (AvgIpc) is 2.63. The van der Waals surface area contributed by atoms with E-state index < -0.39 is 0 Å². The summed E-state index contributed by atoms with van der Waals surface area (Å²) in [6.45, 7) is 1.46. The zero-order chi connectivity index (χ0) is 17.8. The molecule has 0 spiro atoms. The van der Waals surface area contributed by atoms with E-state index in [2.05, 4.69) is 22.2 Å². The van der Waals surface area contributed by atoms with E-state index in [0.29, 0.717) is 6.42 Å². The predicted molar refractivity (Wildman–Crippen MR) is 97.1 cm³/mol. The highest BCUT2D eigenvalue weighted by Crippen LogP contribution is 2.26. The molecule has 0 aliphatic carbocycles. The first kappa shape index (κ1) is 16.9. The van der Waals surface area contributed by atoms with Gasteiger partial charge in [-0.2, -0.15) is 0 Å². The molecule has 0 saturated carbocycles. The molecule has 3 rings (SSSR count). The normalized spacial score (nSPS) is 12.1. The van der Waals surface area contributed by atoms with Crippen molar-refractivity contribution in [2.75, 3.05) is 7.11 Å². The Bertz CT molecular complexity index is 937. The fraction of sp³-hybridized carbons (Fsp3) is 0.250. The summed E-state index contributed by atoms with van der Waals surface area (Å²) in [5.41, 5.74) is 1.60. The van der Waals surface area contributed by atoms with E-state index in [1.54, 1.807) is 0 Å². The largest absolute Gasteiger partial charge is 0.469 e. The van der Waals surface area contributed by atoms with Gasteiger partial charge >= 0.3 is 5.97 Å². The molecule has 128 valence electrons. The Morgan fingerprint density at radius 1 is 1.08 bits per heavy atom. The molecule has 0 aliphatic rings. The standard InChI is InChI=1S/C20H20N2O3/c1-13(23)21-18(11-12-20(24)25-2)19-10-8-16-15-6-4-3-5-14(15)7-9-17(16)22-19/h3-10,18H,11-12H2,1-2H3,(H,21,23)/t18-/m0/s1. The monoisotopic (exact) mass is 336 g/mol.